The summed E-state index contributed by atoms with van der Waals surface area (Å²) in [6.45, 7) is 0. The third-order valence-electron chi connectivity index (χ3n) is 1.82. The monoisotopic (exact) mass is 251 g/mol. The van der Waals surface area contributed by atoms with Crippen LogP contribution in [-0.2, 0) is 14.9 Å². The Labute approximate surface area is 92.8 Å². The van der Waals surface area contributed by atoms with E-state index in [-0.39, 0.29) is 9.92 Å². The van der Waals surface area contributed by atoms with Crippen LogP contribution in [0.4, 0.5) is 0 Å². The van der Waals surface area contributed by atoms with E-state index in [1.165, 1.54) is 32.4 Å². The highest BCUT2D eigenvalue weighted by molar-refractivity contribution is 7.89. The van der Waals surface area contributed by atoms with Gasteiger partial charge in [-0.1, -0.05) is 22.1 Å². The van der Waals surface area contributed by atoms with E-state index in [1.54, 1.807) is 0 Å². The van der Waals surface area contributed by atoms with Crippen molar-refractivity contribution in [1.82, 2.24) is 4.47 Å². The molecular formula is C8H10ClNO4S. The molecule has 1 rings (SSSR count). The molecule has 84 valence electrons. The van der Waals surface area contributed by atoms with Crippen molar-refractivity contribution in [1.29, 1.82) is 0 Å². The molecule has 0 radical (unpaired) electrons. The fraction of sp³-hybridized carbons (Fsp3) is 0.250. The summed E-state index contributed by atoms with van der Waals surface area (Å²) in [5.74, 6) is -0.483. The highest BCUT2D eigenvalue weighted by atomic mass is 35.5. The number of hydrogen-bond donors (Lipinski definition) is 1. The molecule has 0 aliphatic rings. The topological polar surface area (TPSA) is 66.8 Å². The van der Waals surface area contributed by atoms with Crippen LogP contribution in [0.5, 0.6) is 5.75 Å². The second kappa shape index (κ2) is 4.36. The molecule has 0 atom stereocenters. The zero-order valence-electron chi connectivity index (χ0n) is 8.14. The minimum absolute atomic E-state index is 0.0272. The first-order valence-electron chi connectivity index (χ1n) is 3.91. The standard InChI is InChI=1S/C8H10ClNO4S/c1-10(14-2)15(12,13)7-5-3-4-6(9)8(7)11/h3-5,11H,1-2H3. The molecule has 0 saturated heterocycles. The highest BCUT2D eigenvalue weighted by Crippen LogP contribution is 2.31. The normalized spacial score (nSPS) is 12.0. The van der Waals surface area contributed by atoms with E-state index in [1.807, 2.05) is 0 Å². The van der Waals surface area contributed by atoms with Gasteiger partial charge < -0.3 is 5.11 Å². The fourth-order valence-corrected chi connectivity index (χ4v) is 2.25. The number of sulfonamides is 1. The van der Waals surface area contributed by atoms with Crippen LogP contribution in [0.3, 0.4) is 0 Å². The molecule has 1 aromatic rings. The summed E-state index contributed by atoms with van der Waals surface area (Å²) in [5, 5.41) is 9.46. The quantitative estimate of drug-likeness (QED) is 0.821. The van der Waals surface area contributed by atoms with Gasteiger partial charge in [0.1, 0.15) is 4.90 Å². The summed E-state index contributed by atoms with van der Waals surface area (Å²) in [4.78, 5) is 4.26. The van der Waals surface area contributed by atoms with Gasteiger partial charge in [-0.05, 0) is 12.1 Å². The highest BCUT2D eigenvalue weighted by Gasteiger charge is 2.25. The summed E-state index contributed by atoms with van der Waals surface area (Å²) >= 11 is 5.59. The van der Waals surface area contributed by atoms with Gasteiger partial charge in [0.2, 0.25) is 0 Å². The molecule has 5 nitrogen and oxygen atoms in total. The van der Waals surface area contributed by atoms with E-state index in [0.29, 0.717) is 4.47 Å². The Morgan fingerprint density at radius 2 is 2.07 bits per heavy atom. The summed E-state index contributed by atoms with van der Waals surface area (Å²) in [6, 6.07) is 4.06. The molecule has 0 heterocycles. The molecule has 0 fully saturated rings. The molecule has 15 heavy (non-hydrogen) atoms. The van der Waals surface area contributed by atoms with Crippen molar-refractivity contribution in [3.63, 3.8) is 0 Å². The summed E-state index contributed by atoms with van der Waals surface area (Å²) in [6.07, 6.45) is 0. The van der Waals surface area contributed by atoms with Crippen molar-refractivity contribution in [2.45, 2.75) is 4.90 Å². The number of nitrogens with zero attached hydrogens (tertiary/aromatic N) is 1. The van der Waals surface area contributed by atoms with E-state index in [9.17, 15) is 13.5 Å². The van der Waals surface area contributed by atoms with Crippen molar-refractivity contribution >= 4 is 21.6 Å². The Hall–Kier alpha value is -0.820. The Morgan fingerprint density at radius 3 is 2.60 bits per heavy atom. The minimum atomic E-state index is -3.87. The number of halogens is 1. The molecule has 1 N–H and O–H groups in total. The van der Waals surface area contributed by atoms with Crippen molar-refractivity contribution in [2.75, 3.05) is 14.2 Å². The van der Waals surface area contributed by atoms with Crippen LogP contribution in [0, 0.1) is 0 Å². The Balaban J connectivity index is 3.34. The van der Waals surface area contributed by atoms with Crippen molar-refractivity contribution < 1.29 is 18.4 Å². The van der Waals surface area contributed by atoms with Crippen LogP contribution in [0.2, 0.25) is 5.02 Å². The molecule has 0 unspecified atom stereocenters. The average molecular weight is 252 g/mol. The van der Waals surface area contributed by atoms with Crippen LogP contribution in [0.15, 0.2) is 23.1 Å². The van der Waals surface area contributed by atoms with Gasteiger partial charge in [-0.3, -0.25) is 4.84 Å². The zero-order valence-corrected chi connectivity index (χ0v) is 9.71. The first-order valence-corrected chi connectivity index (χ1v) is 5.73. The summed E-state index contributed by atoms with van der Waals surface area (Å²) in [5.41, 5.74) is 0. The third-order valence-corrected chi connectivity index (χ3v) is 3.84. The number of para-hydroxylation sites is 1. The SMILES string of the molecule is CON(C)S(=O)(=O)c1cccc(Cl)c1O. The van der Waals surface area contributed by atoms with E-state index >= 15 is 0 Å². The van der Waals surface area contributed by atoms with E-state index in [0.717, 1.165) is 0 Å². The second-order valence-corrected chi connectivity index (χ2v) is 5.00. The maximum Gasteiger partial charge on any atom is 0.268 e. The molecule has 0 spiro atoms. The van der Waals surface area contributed by atoms with Gasteiger partial charge in [-0.15, -0.1) is 0 Å². The number of hydroxylamine groups is 1. The number of hydrogen-bond acceptors (Lipinski definition) is 4. The van der Waals surface area contributed by atoms with Crippen LogP contribution in [0.25, 0.3) is 0 Å². The lowest BCUT2D eigenvalue weighted by Crippen LogP contribution is -2.25. The second-order valence-electron chi connectivity index (χ2n) is 2.68. The lowest BCUT2D eigenvalue weighted by atomic mass is 10.3. The summed E-state index contributed by atoms with van der Waals surface area (Å²) < 4.78 is 24.1. The van der Waals surface area contributed by atoms with Gasteiger partial charge in [0.15, 0.2) is 5.75 Å². The van der Waals surface area contributed by atoms with Gasteiger partial charge in [0.25, 0.3) is 10.0 Å². The minimum Gasteiger partial charge on any atom is -0.505 e. The summed E-state index contributed by atoms with van der Waals surface area (Å²) in [7, 11) is -1.44. The molecule has 1 aromatic carbocycles. The Bertz CT molecular complexity index is 460. The maximum absolute atomic E-state index is 11.7. The largest absolute Gasteiger partial charge is 0.505 e. The number of phenolic OH excluding ortho intramolecular Hbond substituents is 1. The lowest BCUT2D eigenvalue weighted by Gasteiger charge is -2.15. The van der Waals surface area contributed by atoms with Crippen LogP contribution in [-0.4, -0.2) is 32.2 Å². The molecule has 7 heteroatoms. The van der Waals surface area contributed by atoms with Gasteiger partial charge in [-0.2, -0.15) is 0 Å². The smallest absolute Gasteiger partial charge is 0.268 e. The molecule has 0 saturated carbocycles. The molecule has 0 aliphatic heterocycles. The zero-order chi connectivity index (χ0) is 11.6. The van der Waals surface area contributed by atoms with Gasteiger partial charge in [0.05, 0.1) is 12.1 Å². The molecule has 0 bridgehead atoms. The van der Waals surface area contributed by atoms with E-state index in [4.69, 9.17) is 11.6 Å². The Morgan fingerprint density at radius 1 is 1.47 bits per heavy atom. The van der Waals surface area contributed by atoms with Crippen molar-refractivity contribution in [3.05, 3.63) is 23.2 Å². The van der Waals surface area contributed by atoms with Crippen LogP contribution >= 0.6 is 11.6 Å². The predicted molar refractivity (Wildman–Crippen MR) is 55.1 cm³/mol. The number of rotatable bonds is 3. The van der Waals surface area contributed by atoms with Crippen LogP contribution in [0.1, 0.15) is 0 Å². The van der Waals surface area contributed by atoms with Crippen molar-refractivity contribution in [3.8, 4) is 5.75 Å². The third kappa shape index (κ3) is 2.23. The Kier molecular flexibility index (Phi) is 3.56. The first kappa shape index (κ1) is 12.3. The molecule has 0 amide bonds. The molecule has 0 aliphatic carbocycles. The van der Waals surface area contributed by atoms with Gasteiger partial charge in [-0.25, -0.2) is 8.42 Å². The average Bonchev–Trinajstić information content (AvgIpc) is 2.20. The maximum atomic E-state index is 11.7. The van der Waals surface area contributed by atoms with E-state index < -0.39 is 15.8 Å². The molecular weight excluding hydrogens is 242 g/mol. The fourth-order valence-electron chi connectivity index (χ4n) is 0.940. The first-order chi connectivity index (χ1) is 6.91. The predicted octanol–water partition coefficient (Wildman–Crippen LogP) is 1.23. The number of aromatic hydroxyl groups is 1. The lowest BCUT2D eigenvalue weighted by molar-refractivity contribution is -0.0259. The molecule has 0 aromatic heterocycles. The van der Waals surface area contributed by atoms with Gasteiger partial charge >= 0.3 is 0 Å². The van der Waals surface area contributed by atoms with Crippen molar-refractivity contribution in [2.24, 2.45) is 0 Å². The number of phenols is 1. The van der Waals surface area contributed by atoms with Gasteiger partial charge in [0, 0.05) is 7.05 Å². The van der Waals surface area contributed by atoms with Crippen LogP contribution < -0.4 is 0 Å². The van der Waals surface area contributed by atoms with E-state index in [2.05, 4.69) is 4.84 Å². The number of benzene rings is 1.